The van der Waals surface area contributed by atoms with Gasteiger partial charge in [0.1, 0.15) is 0 Å². The third-order valence-electron chi connectivity index (χ3n) is 1.47. The smallest absolute Gasteiger partial charge is 0.191 e. The zero-order valence-electron chi connectivity index (χ0n) is 7.26. The van der Waals surface area contributed by atoms with E-state index >= 15 is 0 Å². The lowest BCUT2D eigenvalue weighted by Crippen LogP contribution is -2.05. The van der Waals surface area contributed by atoms with E-state index < -0.39 is 0 Å². The molecule has 66 valence electrons. The van der Waals surface area contributed by atoms with Gasteiger partial charge in [0.05, 0.1) is 5.69 Å². The number of ketones is 1. The molecule has 3 nitrogen and oxygen atoms in total. The first-order valence-electron chi connectivity index (χ1n) is 3.90. The van der Waals surface area contributed by atoms with Crippen molar-refractivity contribution < 1.29 is 4.79 Å². The van der Waals surface area contributed by atoms with Crippen LogP contribution < -0.4 is 5.32 Å². The van der Waals surface area contributed by atoms with Crippen LogP contribution in [0.25, 0.3) is 0 Å². The molecule has 0 aliphatic carbocycles. The molecule has 0 atom stereocenters. The number of carbonyl (C=O) groups excluding carboxylic acids is 1. The van der Waals surface area contributed by atoms with Crippen molar-refractivity contribution in [3.8, 4) is 0 Å². The predicted octanol–water partition coefficient (Wildman–Crippen LogP) is 1.46. The highest BCUT2D eigenvalue weighted by atomic mass is 32.1. The van der Waals surface area contributed by atoms with Gasteiger partial charge in [-0.25, -0.2) is 4.98 Å². The summed E-state index contributed by atoms with van der Waals surface area (Å²) >= 11 is 1.42. The SMILES string of the molecule is CCC(=O)c1nc(CNC)cs1. The predicted molar refractivity (Wildman–Crippen MR) is 49.5 cm³/mol. The van der Waals surface area contributed by atoms with Crippen LogP contribution in [-0.2, 0) is 6.54 Å². The molecule has 0 aliphatic rings. The Morgan fingerprint density at radius 2 is 2.50 bits per heavy atom. The van der Waals surface area contributed by atoms with Crippen LogP contribution in [0.4, 0.5) is 0 Å². The molecular formula is C8H12N2OS. The van der Waals surface area contributed by atoms with E-state index in [4.69, 9.17) is 0 Å². The summed E-state index contributed by atoms with van der Waals surface area (Å²) in [4.78, 5) is 15.3. The van der Waals surface area contributed by atoms with Gasteiger partial charge in [-0.05, 0) is 7.05 Å². The highest BCUT2D eigenvalue weighted by Crippen LogP contribution is 2.11. The summed E-state index contributed by atoms with van der Waals surface area (Å²) in [6.07, 6.45) is 0.534. The van der Waals surface area contributed by atoms with E-state index in [1.165, 1.54) is 11.3 Å². The Morgan fingerprint density at radius 1 is 1.75 bits per heavy atom. The van der Waals surface area contributed by atoms with Crippen LogP contribution in [-0.4, -0.2) is 17.8 Å². The van der Waals surface area contributed by atoms with E-state index in [-0.39, 0.29) is 5.78 Å². The molecule has 1 aromatic heterocycles. The number of carbonyl (C=O) groups is 1. The lowest BCUT2D eigenvalue weighted by molar-refractivity contribution is 0.0987. The Labute approximate surface area is 75.8 Å². The number of hydrogen-bond donors (Lipinski definition) is 1. The number of nitrogens with one attached hydrogen (secondary N) is 1. The Morgan fingerprint density at radius 3 is 3.08 bits per heavy atom. The molecule has 1 aromatic rings. The Hall–Kier alpha value is -0.740. The van der Waals surface area contributed by atoms with Crippen LogP contribution in [0.5, 0.6) is 0 Å². The third-order valence-corrected chi connectivity index (χ3v) is 2.40. The van der Waals surface area contributed by atoms with Gasteiger partial charge in [0.25, 0.3) is 0 Å². The van der Waals surface area contributed by atoms with Crippen molar-refractivity contribution in [3.05, 3.63) is 16.1 Å². The standard InChI is InChI=1S/C8H12N2OS/c1-3-7(11)8-10-6(4-9-2)5-12-8/h5,9H,3-4H2,1-2H3. The largest absolute Gasteiger partial charge is 0.314 e. The number of nitrogens with zero attached hydrogens (tertiary/aromatic N) is 1. The molecular weight excluding hydrogens is 172 g/mol. The minimum atomic E-state index is 0.127. The molecule has 12 heavy (non-hydrogen) atoms. The molecule has 0 spiro atoms. The van der Waals surface area contributed by atoms with Crippen LogP contribution in [0.3, 0.4) is 0 Å². The highest BCUT2D eigenvalue weighted by Gasteiger charge is 2.07. The fraction of sp³-hybridized carbons (Fsp3) is 0.500. The first-order valence-corrected chi connectivity index (χ1v) is 4.78. The maximum Gasteiger partial charge on any atom is 0.191 e. The number of Topliss-reactive ketones (excluding diaryl/α,β-unsaturated/α-hetero) is 1. The fourth-order valence-electron chi connectivity index (χ4n) is 0.849. The average Bonchev–Trinajstić information content (AvgIpc) is 2.52. The van der Waals surface area contributed by atoms with Gasteiger partial charge < -0.3 is 5.32 Å². The molecule has 1 heterocycles. The molecule has 0 amide bonds. The van der Waals surface area contributed by atoms with Crippen molar-refractivity contribution in [2.45, 2.75) is 19.9 Å². The van der Waals surface area contributed by atoms with Crippen LogP contribution >= 0.6 is 11.3 Å². The lowest BCUT2D eigenvalue weighted by atomic mass is 10.3. The zero-order chi connectivity index (χ0) is 8.97. The Balaban J connectivity index is 2.70. The van der Waals surface area contributed by atoms with Crippen molar-refractivity contribution in [1.82, 2.24) is 10.3 Å². The molecule has 0 unspecified atom stereocenters. The van der Waals surface area contributed by atoms with Crippen molar-refractivity contribution in [3.63, 3.8) is 0 Å². The van der Waals surface area contributed by atoms with Crippen molar-refractivity contribution in [2.75, 3.05) is 7.05 Å². The maximum atomic E-state index is 11.2. The summed E-state index contributed by atoms with van der Waals surface area (Å²) < 4.78 is 0. The number of rotatable bonds is 4. The first kappa shape index (κ1) is 9.35. The van der Waals surface area contributed by atoms with E-state index in [9.17, 15) is 4.79 Å². The van der Waals surface area contributed by atoms with Gasteiger partial charge in [0.2, 0.25) is 0 Å². The molecule has 0 aromatic carbocycles. The van der Waals surface area contributed by atoms with E-state index in [2.05, 4.69) is 10.3 Å². The topological polar surface area (TPSA) is 42.0 Å². The average molecular weight is 184 g/mol. The van der Waals surface area contributed by atoms with Crippen molar-refractivity contribution in [2.24, 2.45) is 0 Å². The fourth-order valence-corrected chi connectivity index (χ4v) is 1.68. The molecule has 0 bridgehead atoms. The quantitative estimate of drug-likeness (QED) is 0.720. The van der Waals surface area contributed by atoms with Crippen molar-refractivity contribution in [1.29, 1.82) is 0 Å². The van der Waals surface area contributed by atoms with Crippen LogP contribution in [0.1, 0.15) is 28.8 Å². The summed E-state index contributed by atoms with van der Waals surface area (Å²) in [6.45, 7) is 2.58. The summed E-state index contributed by atoms with van der Waals surface area (Å²) in [7, 11) is 1.86. The monoisotopic (exact) mass is 184 g/mol. The van der Waals surface area contributed by atoms with E-state index in [1.807, 2.05) is 19.4 Å². The van der Waals surface area contributed by atoms with E-state index in [1.54, 1.807) is 0 Å². The van der Waals surface area contributed by atoms with Gasteiger partial charge in [0.15, 0.2) is 10.8 Å². The number of hydrogen-bond acceptors (Lipinski definition) is 4. The molecule has 1 N–H and O–H groups in total. The normalized spacial score (nSPS) is 10.2. The zero-order valence-corrected chi connectivity index (χ0v) is 8.07. The van der Waals surface area contributed by atoms with Gasteiger partial charge in [-0.2, -0.15) is 0 Å². The summed E-state index contributed by atoms with van der Waals surface area (Å²) in [5.74, 6) is 0.127. The van der Waals surface area contributed by atoms with Gasteiger partial charge in [-0.1, -0.05) is 6.92 Å². The van der Waals surface area contributed by atoms with Crippen LogP contribution in [0.2, 0.25) is 0 Å². The second-order valence-electron chi connectivity index (χ2n) is 2.45. The molecule has 0 saturated carbocycles. The van der Waals surface area contributed by atoms with Gasteiger partial charge >= 0.3 is 0 Å². The van der Waals surface area contributed by atoms with Crippen LogP contribution in [0, 0.1) is 0 Å². The van der Waals surface area contributed by atoms with E-state index in [0.717, 1.165) is 12.2 Å². The number of aromatic nitrogens is 1. The van der Waals surface area contributed by atoms with Crippen LogP contribution in [0.15, 0.2) is 5.38 Å². The summed E-state index contributed by atoms with van der Waals surface area (Å²) in [5, 5.41) is 5.53. The molecule has 4 heteroatoms. The lowest BCUT2D eigenvalue weighted by Gasteiger charge is -1.91. The molecule has 0 saturated heterocycles. The molecule has 0 aliphatic heterocycles. The molecule has 1 rings (SSSR count). The highest BCUT2D eigenvalue weighted by molar-refractivity contribution is 7.11. The van der Waals surface area contributed by atoms with Gasteiger partial charge in [-0.3, -0.25) is 4.79 Å². The van der Waals surface area contributed by atoms with E-state index in [0.29, 0.717) is 11.4 Å². The summed E-state index contributed by atoms with van der Waals surface area (Å²) in [5.41, 5.74) is 0.944. The third kappa shape index (κ3) is 2.12. The maximum absolute atomic E-state index is 11.2. The van der Waals surface area contributed by atoms with Gasteiger partial charge in [0, 0.05) is 18.3 Å². The van der Waals surface area contributed by atoms with Gasteiger partial charge in [-0.15, -0.1) is 11.3 Å². The minimum Gasteiger partial charge on any atom is -0.314 e. The molecule has 0 fully saturated rings. The Bertz CT molecular complexity index is 270. The first-order chi connectivity index (χ1) is 5.77. The number of thiazole rings is 1. The summed E-state index contributed by atoms with van der Waals surface area (Å²) in [6, 6.07) is 0. The van der Waals surface area contributed by atoms with Crippen molar-refractivity contribution >= 4 is 17.1 Å². The second kappa shape index (κ2) is 4.33. The molecule has 0 radical (unpaired) electrons. The minimum absolute atomic E-state index is 0.127. The Kier molecular flexibility index (Phi) is 3.37. The second-order valence-corrected chi connectivity index (χ2v) is 3.31.